The van der Waals surface area contributed by atoms with Gasteiger partial charge in [0.15, 0.2) is 5.69 Å². The Morgan fingerprint density at radius 1 is 1.29 bits per heavy atom. The van der Waals surface area contributed by atoms with Crippen LogP contribution >= 0.6 is 0 Å². The average molecular weight is 325 g/mol. The van der Waals surface area contributed by atoms with Crippen molar-refractivity contribution in [3.05, 3.63) is 35.5 Å². The molecule has 2 unspecified atom stereocenters. The van der Waals surface area contributed by atoms with Gasteiger partial charge in [0.1, 0.15) is 12.4 Å². The van der Waals surface area contributed by atoms with E-state index in [9.17, 15) is 4.79 Å². The Morgan fingerprint density at radius 3 is 2.92 bits per heavy atom. The fourth-order valence-corrected chi connectivity index (χ4v) is 3.93. The number of amides is 1. The molecule has 0 radical (unpaired) electrons. The van der Waals surface area contributed by atoms with Crippen LogP contribution in [0.4, 0.5) is 0 Å². The molecule has 1 aromatic carbocycles. The molecule has 1 aliphatic carbocycles. The molecule has 1 amide bonds. The van der Waals surface area contributed by atoms with Gasteiger partial charge in [-0.2, -0.15) is 5.10 Å². The van der Waals surface area contributed by atoms with Crippen LogP contribution in [0.3, 0.4) is 0 Å². The second-order valence-corrected chi connectivity index (χ2v) is 6.93. The minimum atomic E-state index is -0.0754. The Kier molecular flexibility index (Phi) is 3.79. The maximum Gasteiger partial charge on any atom is 0.272 e. The van der Waals surface area contributed by atoms with Crippen molar-refractivity contribution in [1.29, 1.82) is 0 Å². The molecule has 1 N–H and O–H groups in total. The molecule has 2 heterocycles. The summed E-state index contributed by atoms with van der Waals surface area (Å²) < 4.78 is 7.63. The highest BCUT2D eigenvalue weighted by Gasteiger charge is 2.30. The lowest BCUT2D eigenvalue weighted by atomic mass is 9.86. The van der Waals surface area contributed by atoms with E-state index in [0.29, 0.717) is 18.2 Å². The molecule has 1 fully saturated rings. The number of aryl methyl sites for hydroxylation is 1. The lowest BCUT2D eigenvalue weighted by molar-refractivity contribution is 0.0902. The molecule has 0 spiro atoms. The quantitative estimate of drug-likeness (QED) is 0.922. The number of fused-ring (bicyclic) bond motifs is 3. The molecule has 2 atom stereocenters. The van der Waals surface area contributed by atoms with E-state index in [1.165, 1.54) is 19.3 Å². The SMILES string of the molecule is CC1CCCCC1NC(=O)c1nn(C)c2c1COc1ccccc1-2. The van der Waals surface area contributed by atoms with Gasteiger partial charge in [-0.05, 0) is 30.9 Å². The summed E-state index contributed by atoms with van der Waals surface area (Å²) in [7, 11) is 1.89. The first kappa shape index (κ1) is 15.2. The Morgan fingerprint density at radius 2 is 2.08 bits per heavy atom. The predicted octanol–water partition coefficient (Wildman–Crippen LogP) is 3.29. The number of nitrogens with zero attached hydrogens (tertiary/aromatic N) is 2. The third-order valence-electron chi connectivity index (χ3n) is 5.30. The highest BCUT2D eigenvalue weighted by molar-refractivity contribution is 5.96. The lowest BCUT2D eigenvalue weighted by Crippen LogP contribution is -2.41. The first-order valence-corrected chi connectivity index (χ1v) is 8.74. The molecule has 1 saturated carbocycles. The molecule has 5 nitrogen and oxygen atoms in total. The maximum absolute atomic E-state index is 12.8. The van der Waals surface area contributed by atoms with Crippen molar-refractivity contribution in [3.63, 3.8) is 0 Å². The number of carbonyl (C=O) groups is 1. The second kappa shape index (κ2) is 5.96. The number of ether oxygens (including phenoxy) is 1. The molecule has 0 saturated heterocycles. The van der Waals surface area contributed by atoms with Crippen molar-refractivity contribution in [2.75, 3.05) is 0 Å². The average Bonchev–Trinajstić information content (AvgIpc) is 2.94. The van der Waals surface area contributed by atoms with Crippen LogP contribution in [0.1, 0.15) is 48.7 Å². The number of benzene rings is 1. The summed E-state index contributed by atoms with van der Waals surface area (Å²) in [4.78, 5) is 12.8. The van der Waals surface area contributed by atoms with Crippen LogP contribution in [0.25, 0.3) is 11.3 Å². The number of nitrogens with one attached hydrogen (secondary N) is 1. The summed E-state index contributed by atoms with van der Waals surface area (Å²) in [6.07, 6.45) is 4.69. The van der Waals surface area contributed by atoms with E-state index in [4.69, 9.17) is 4.74 Å². The Bertz CT molecular complexity index is 781. The predicted molar refractivity (Wildman–Crippen MR) is 91.9 cm³/mol. The minimum Gasteiger partial charge on any atom is -0.488 e. The minimum absolute atomic E-state index is 0.0754. The smallest absolute Gasteiger partial charge is 0.272 e. The molecular formula is C19H23N3O2. The van der Waals surface area contributed by atoms with Crippen molar-refractivity contribution in [3.8, 4) is 17.0 Å². The highest BCUT2D eigenvalue weighted by atomic mass is 16.5. The number of hydrogen-bond acceptors (Lipinski definition) is 3. The van der Waals surface area contributed by atoms with Gasteiger partial charge in [-0.15, -0.1) is 0 Å². The molecule has 2 aromatic rings. The van der Waals surface area contributed by atoms with Crippen LogP contribution in [0, 0.1) is 5.92 Å². The zero-order chi connectivity index (χ0) is 16.7. The lowest BCUT2D eigenvalue weighted by Gasteiger charge is -2.29. The van der Waals surface area contributed by atoms with Gasteiger partial charge in [-0.25, -0.2) is 0 Å². The van der Waals surface area contributed by atoms with Gasteiger partial charge >= 0.3 is 0 Å². The van der Waals surface area contributed by atoms with Gasteiger partial charge in [0.2, 0.25) is 0 Å². The van der Waals surface area contributed by atoms with Crippen molar-refractivity contribution in [2.45, 2.75) is 45.3 Å². The molecule has 0 bridgehead atoms. The normalized spacial score (nSPS) is 22.2. The van der Waals surface area contributed by atoms with Crippen molar-refractivity contribution in [1.82, 2.24) is 15.1 Å². The van der Waals surface area contributed by atoms with Crippen molar-refractivity contribution >= 4 is 5.91 Å². The monoisotopic (exact) mass is 325 g/mol. The highest BCUT2D eigenvalue weighted by Crippen LogP contribution is 2.38. The standard InChI is InChI=1S/C19H23N3O2/c1-12-7-3-5-9-15(12)20-19(23)17-14-11-24-16-10-6-4-8-13(16)18(14)22(2)21-17/h4,6,8,10,12,15H,3,5,7,9,11H2,1-2H3,(H,20,23). The maximum atomic E-state index is 12.8. The fraction of sp³-hybridized carbons (Fsp3) is 0.474. The third kappa shape index (κ3) is 2.48. The van der Waals surface area contributed by atoms with Gasteiger partial charge in [-0.1, -0.05) is 31.9 Å². The van der Waals surface area contributed by atoms with E-state index in [2.05, 4.69) is 17.3 Å². The fourth-order valence-electron chi connectivity index (χ4n) is 3.93. The van der Waals surface area contributed by atoms with Crippen LogP contribution in [-0.4, -0.2) is 21.7 Å². The largest absolute Gasteiger partial charge is 0.488 e. The van der Waals surface area contributed by atoms with Crippen LogP contribution in [0.2, 0.25) is 0 Å². The van der Waals surface area contributed by atoms with Crippen LogP contribution in [0.15, 0.2) is 24.3 Å². The summed E-state index contributed by atoms with van der Waals surface area (Å²) in [5.41, 5.74) is 3.37. The number of aromatic nitrogens is 2. The molecule has 24 heavy (non-hydrogen) atoms. The number of rotatable bonds is 2. The van der Waals surface area contributed by atoms with E-state index in [-0.39, 0.29) is 11.9 Å². The van der Waals surface area contributed by atoms with E-state index in [1.54, 1.807) is 4.68 Å². The molecule has 4 rings (SSSR count). The molecule has 126 valence electrons. The van der Waals surface area contributed by atoms with Crippen molar-refractivity contribution in [2.24, 2.45) is 13.0 Å². The van der Waals surface area contributed by atoms with Crippen LogP contribution < -0.4 is 10.1 Å². The van der Waals surface area contributed by atoms with E-state index in [1.807, 2.05) is 31.3 Å². The first-order valence-electron chi connectivity index (χ1n) is 8.74. The summed E-state index contributed by atoms with van der Waals surface area (Å²) in [6, 6.07) is 8.15. The van der Waals surface area contributed by atoms with Crippen LogP contribution in [0.5, 0.6) is 5.75 Å². The second-order valence-electron chi connectivity index (χ2n) is 6.93. The van der Waals surface area contributed by atoms with Crippen molar-refractivity contribution < 1.29 is 9.53 Å². The van der Waals surface area contributed by atoms with Crippen LogP contribution in [-0.2, 0) is 13.7 Å². The third-order valence-corrected chi connectivity index (χ3v) is 5.30. The van der Waals surface area contributed by atoms with E-state index < -0.39 is 0 Å². The molecule has 1 aliphatic heterocycles. The Hall–Kier alpha value is -2.30. The zero-order valence-electron chi connectivity index (χ0n) is 14.2. The molecular weight excluding hydrogens is 302 g/mol. The molecule has 1 aromatic heterocycles. The summed E-state index contributed by atoms with van der Waals surface area (Å²) in [6.45, 7) is 2.61. The van der Waals surface area contributed by atoms with Gasteiger partial charge in [-0.3, -0.25) is 9.48 Å². The first-order chi connectivity index (χ1) is 11.6. The van der Waals surface area contributed by atoms with Gasteiger partial charge in [0.05, 0.1) is 5.69 Å². The molecule has 2 aliphatic rings. The van der Waals surface area contributed by atoms with Gasteiger partial charge in [0, 0.05) is 24.2 Å². The summed E-state index contributed by atoms with van der Waals surface area (Å²) >= 11 is 0. The Balaban J connectivity index is 1.65. The van der Waals surface area contributed by atoms with Gasteiger partial charge < -0.3 is 10.1 Å². The van der Waals surface area contributed by atoms with E-state index in [0.717, 1.165) is 29.0 Å². The molecule has 5 heteroatoms. The zero-order valence-corrected chi connectivity index (χ0v) is 14.2. The number of carbonyl (C=O) groups excluding carboxylic acids is 1. The summed E-state index contributed by atoms with van der Waals surface area (Å²) in [5, 5.41) is 7.71. The Labute approximate surface area is 142 Å². The summed E-state index contributed by atoms with van der Waals surface area (Å²) in [5.74, 6) is 1.30. The number of para-hydroxylation sites is 1. The number of hydrogen-bond donors (Lipinski definition) is 1. The van der Waals surface area contributed by atoms with Gasteiger partial charge in [0.25, 0.3) is 5.91 Å². The van der Waals surface area contributed by atoms with E-state index >= 15 is 0 Å². The topological polar surface area (TPSA) is 56.2 Å².